The molecule has 1 heterocycles. The summed E-state index contributed by atoms with van der Waals surface area (Å²) < 4.78 is 54.3. The van der Waals surface area contributed by atoms with Crippen LogP contribution in [0.5, 0.6) is 17.2 Å². The SMILES string of the molecule is CCOC(=O)c1cc2c(OCC(=O)N(CC)CC)c(c1)COCc1cc(C(=O)OCC)cc(c1OCC(=O)N(CC)CC)COCc1cc(C(=O)OCC)cc(c1OCC(=O)N(CC)CC)COC2. The molecule has 0 saturated heterocycles. The second kappa shape index (κ2) is 28.3. The van der Waals surface area contributed by atoms with Gasteiger partial charge in [-0.25, -0.2) is 14.4 Å². The number of rotatable bonds is 21. The third-order valence-corrected chi connectivity index (χ3v) is 11.2. The first-order chi connectivity index (χ1) is 33.3. The molecule has 0 spiro atoms. The van der Waals surface area contributed by atoms with Crippen molar-refractivity contribution >= 4 is 35.6 Å². The Morgan fingerprint density at radius 2 is 0.580 bits per heavy atom. The first-order valence-electron chi connectivity index (χ1n) is 23.7. The van der Waals surface area contributed by atoms with Crippen molar-refractivity contribution in [2.24, 2.45) is 0 Å². The number of benzene rings is 3. The molecule has 378 valence electrons. The summed E-state index contributed by atoms with van der Waals surface area (Å²) in [6, 6.07) is 9.33. The van der Waals surface area contributed by atoms with E-state index in [-0.39, 0.29) is 131 Å². The minimum absolute atomic E-state index is 0.0915. The number of ether oxygens (including phenoxy) is 9. The van der Waals surface area contributed by atoms with Crippen LogP contribution in [0, 0.1) is 0 Å². The van der Waals surface area contributed by atoms with Crippen molar-refractivity contribution < 1.29 is 71.4 Å². The highest BCUT2D eigenvalue weighted by Gasteiger charge is 2.25. The van der Waals surface area contributed by atoms with Gasteiger partial charge >= 0.3 is 17.9 Å². The average molecular weight is 964 g/mol. The molecule has 3 aromatic rings. The van der Waals surface area contributed by atoms with Gasteiger partial charge in [0.05, 0.1) is 76.2 Å². The van der Waals surface area contributed by atoms with Crippen molar-refractivity contribution in [3.05, 3.63) is 86.5 Å². The normalized spacial score (nSPS) is 12.7. The van der Waals surface area contributed by atoms with Crippen LogP contribution in [0.25, 0.3) is 0 Å². The molecule has 0 unspecified atom stereocenters. The maximum absolute atomic E-state index is 13.4. The Morgan fingerprint density at radius 1 is 0.377 bits per heavy atom. The van der Waals surface area contributed by atoms with E-state index in [1.165, 1.54) is 0 Å². The smallest absolute Gasteiger partial charge is 0.338 e. The number of hydrogen-bond donors (Lipinski definition) is 0. The van der Waals surface area contributed by atoms with E-state index in [0.717, 1.165) is 0 Å². The van der Waals surface area contributed by atoms with Crippen molar-refractivity contribution in [1.29, 1.82) is 0 Å². The molecule has 69 heavy (non-hydrogen) atoms. The second-order valence-corrected chi connectivity index (χ2v) is 15.6. The first-order valence-corrected chi connectivity index (χ1v) is 23.7. The van der Waals surface area contributed by atoms with Gasteiger partial charge in [0.15, 0.2) is 19.8 Å². The van der Waals surface area contributed by atoms with E-state index in [1.54, 1.807) is 71.9 Å². The number of likely N-dealkylation sites (N-methyl/N-ethyl adjacent to an activating group) is 3. The fourth-order valence-electron chi connectivity index (χ4n) is 7.68. The van der Waals surface area contributed by atoms with E-state index in [0.29, 0.717) is 72.6 Å². The highest BCUT2D eigenvalue weighted by molar-refractivity contribution is 5.92. The fourth-order valence-corrected chi connectivity index (χ4v) is 7.68. The number of nitrogens with zero attached hydrogens (tertiary/aromatic N) is 3. The number of carbonyl (C=O) groups excluding carboxylic acids is 6. The highest BCUT2D eigenvalue weighted by atomic mass is 16.5. The maximum atomic E-state index is 13.4. The zero-order valence-corrected chi connectivity index (χ0v) is 41.7. The van der Waals surface area contributed by atoms with Crippen LogP contribution >= 0.6 is 0 Å². The highest BCUT2D eigenvalue weighted by Crippen LogP contribution is 2.35. The minimum atomic E-state index is -0.631. The van der Waals surface area contributed by atoms with Gasteiger partial charge in [-0.05, 0) is 98.7 Å². The predicted molar refractivity (Wildman–Crippen MR) is 253 cm³/mol. The first kappa shape index (κ1) is 55.4. The number of esters is 3. The van der Waals surface area contributed by atoms with Gasteiger partial charge in [0, 0.05) is 72.6 Å². The molecule has 3 amide bonds. The van der Waals surface area contributed by atoms with E-state index in [4.69, 9.17) is 42.6 Å². The molecule has 1 aliphatic heterocycles. The fraction of sp³-hybridized carbons (Fsp3) is 0.529. The molecule has 18 nitrogen and oxygen atoms in total. The summed E-state index contributed by atoms with van der Waals surface area (Å²) in [5.74, 6) is -2.10. The van der Waals surface area contributed by atoms with Crippen molar-refractivity contribution in [2.75, 3.05) is 78.9 Å². The summed E-state index contributed by atoms with van der Waals surface area (Å²) in [4.78, 5) is 85.3. The van der Waals surface area contributed by atoms with Crippen LogP contribution in [0.15, 0.2) is 36.4 Å². The van der Waals surface area contributed by atoms with Crippen molar-refractivity contribution in [3.63, 3.8) is 0 Å². The molecular weight excluding hydrogens is 895 g/mol. The van der Waals surface area contributed by atoms with Crippen LogP contribution in [0.4, 0.5) is 0 Å². The molecule has 3 aromatic carbocycles. The molecule has 0 saturated carbocycles. The van der Waals surface area contributed by atoms with Crippen LogP contribution in [-0.2, 0) is 82.4 Å². The van der Waals surface area contributed by atoms with Gasteiger partial charge in [-0.3, -0.25) is 14.4 Å². The van der Waals surface area contributed by atoms with Crippen LogP contribution < -0.4 is 14.2 Å². The zero-order chi connectivity index (χ0) is 50.5. The summed E-state index contributed by atoms with van der Waals surface area (Å²) in [6.45, 7) is 17.0. The standard InChI is InChI=1S/C51H69N3O15/c1-10-52(11-2)43(55)31-67-46-37-19-34(49(58)64-16-7)20-38(46)26-62-28-40-22-36(51(60)66-18-9)24-42(48(40)69-33-45(57)54(14-5)15-6)30-63-29-41-23-35(50(59)65-17-8)21-39(27-61-25-37)47(41)68-32-44(56)53(12-3)13-4/h19-24H,10-18,25-33H2,1-9H3. The lowest BCUT2D eigenvalue weighted by molar-refractivity contribution is -0.133. The predicted octanol–water partition coefficient (Wildman–Crippen LogP) is 6.42. The van der Waals surface area contributed by atoms with E-state index in [2.05, 4.69) is 0 Å². The number of amides is 3. The lowest BCUT2D eigenvalue weighted by Gasteiger charge is -2.23. The Balaban J connectivity index is 2.02. The monoisotopic (exact) mass is 963 g/mol. The van der Waals surface area contributed by atoms with Gasteiger partial charge in [-0.1, -0.05) is 0 Å². The van der Waals surface area contributed by atoms with E-state index in [1.807, 2.05) is 41.5 Å². The lowest BCUT2D eigenvalue weighted by atomic mass is 10.0. The molecule has 18 heteroatoms. The molecule has 0 aliphatic carbocycles. The van der Waals surface area contributed by atoms with Gasteiger partial charge in [0.25, 0.3) is 17.7 Å². The maximum Gasteiger partial charge on any atom is 0.338 e. The molecule has 0 aromatic heterocycles. The van der Waals surface area contributed by atoms with Gasteiger partial charge in [0.1, 0.15) is 17.2 Å². The van der Waals surface area contributed by atoms with Gasteiger partial charge in [0.2, 0.25) is 0 Å². The second-order valence-electron chi connectivity index (χ2n) is 15.6. The zero-order valence-electron chi connectivity index (χ0n) is 41.7. The van der Waals surface area contributed by atoms with Gasteiger partial charge in [-0.2, -0.15) is 0 Å². The number of carbonyl (C=O) groups is 6. The lowest BCUT2D eigenvalue weighted by Crippen LogP contribution is -2.34. The molecule has 0 fully saturated rings. The molecule has 4 rings (SSSR count). The number of fused-ring (bicyclic) bond motifs is 6. The summed E-state index contributed by atoms with van der Waals surface area (Å²) in [5, 5.41) is 0. The van der Waals surface area contributed by atoms with Gasteiger partial charge in [-0.15, -0.1) is 0 Å². The van der Waals surface area contributed by atoms with Crippen LogP contribution in [-0.4, -0.2) is 129 Å². The van der Waals surface area contributed by atoms with Crippen LogP contribution in [0.3, 0.4) is 0 Å². The topological polar surface area (TPSA) is 195 Å². The molecule has 0 radical (unpaired) electrons. The Bertz CT molecular complexity index is 1910. The van der Waals surface area contributed by atoms with E-state index < -0.39 is 17.9 Å². The Morgan fingerprint density at radius 3 is 0.754 bits per heavy atom. The number of hydrogen-bond acceptors (Lipinski definition) is 15. The third kappa shape index (κ3) is 15.4. The Kier molecular flexibility index (Phi) is 22.7. The Hall–Kier alpha value is -6.24. The average Bonchev–Trinajstić information content (AvgIpc) is 3.33. The van der Waals surface area contributed by atoms with Crippen molar-refractivity contribution in [2.45, 2.75) is 102 Å². The third-order valence-electron chi connectivity index (χ3n) is 11.2. The van der Waals surface area contributed by atoms with Crippen LogP contribution in [0.1, 0.15) is 127 Å². The van der Waals surface area contributed by atoms with Crippen molar-refractivity contribution in [1.82, 2.24) is 14.7 Å². The molecule has 0 atom stereocenters. The summed E-state index contributed by atoms with van der Waals surface area (Å²) in [7, 11) is 0. The summed E-state index contributed by atoms with van der Waals surface area (Å²) in [6.07, 6.45) is 0. The summed E-state index contributed by atoms with van der Waals surface area (Å²) >= 11 is 0. The van der Waals surface area contributed by atoms with Crippen molar-refractivity contribution in [3.8, 4) is 17.2 Å². The quantitative estimate of drug-likeness (QED) is 0.0837. The van der Waals surface area contributed by atoms with Crippen LogP contribution in [0.2, 0.25) is 0 Å². The minimum Gasteiger partial charge on any atom is -0.483 e. The van der Waals surface area contributed by atoms with Gasteiger partial charge < -0.3 is 57.3 Å². The molecule has 6 bridgehead atoms. The van der Waals surface area contributed by atoms with E-state index >= 15 is 0 Å². The summed E-state index contributed by atoms with van der Waals surface area (Å²) in [5.41, 5.74) is 2.64. The molecular formula is C51H69N3O15. The Labute approximate surface area is 405 Å². The van der Waals surface area contributed by atoms with E-state index in [9.17, 15) is 28.8 Å². The molecule has 0 N–H and O–H groups in total. The largest absolute Gasteiger partial charge is 0.483 e. The molecule has 1 aliphatic rings.